The van der Waals surface area contributed by atoms with Crippen molar-refractivity contribution >= 4 is 11.8 Å². The SMILES string of the molecule is CC(CC(O)c1ccccc1)NC(=O)NCc1ccnc(N(C)C)c1. The van der Waals surface area contributed by atoms with Crippen molar-refractivity contribution in [2.24, 2.45) is 0 Å². The minimum absolute atomic E-state index is 0.148. The number of aromatic nitrogens is 1. The summed E-state index contributed by atoms with van der Waals surface area (Å²) in [6, 6.07) is 12.8. The van der Waals surface area contributed by atoms with Crippen molar-refractivity contribution in [3.63, 3.8) is 0 Å². The van der Waals surface area contributed by atoms with Crippen LogP contribution in [0.1, 0.15) is 30.6 Å². The number of anilines is 1. The van der Waals surface area contributed by atoms with Crippen molar-refractivity contribution in [3.8, 4) is 0 Å². The highest BCUT2D eigenvalue weighted by Gasteiger charge is 2.14. The molecule has 2 unspecified atom stereocenters. The van der Waals surface area contributed by atoms with Crippen LogP contribution in [-0.4, -0.2) is 36.3 Å². The third-order valence-corrected chi connectivity index (χ3v) is 3.86. The number of rotatable bonds is 7. The largest absolute Gasteiger partial charge is 0.388 e. The van der Waals surface area contributed by atoms with Gasteiger partial charge in [-0.15, -0.1) is 0 Å². The Bertz CT molecular complexity index is 676. The number of nitrogens with one attached hydrogen (secondary N) is 2. The van der Waals surface area contributed by atoms with Crippen LogP contribution in [0.2, 0.25) is 0 Å². The maximum Gasteiger partial charge on any atom is 0.315 e. The summed E-state index contributed by atoms with van der Waals surface area (Å²) in [5.74, 6) is 0.846. The fourth-order valence-electron chi connectivity index (χ4n) is 2.48. The molecule has 3 N–H and O–H groups in total. The molecule has 0 saturated carbocycles. The topological polar surface area (TPSA) is 77.5 Å². The number of nitrogens with zero attached hydrogens (tertiary/aromatic N) is 2. The number of aliphatic hydroxyl groups is 1. The highest BCUT2D eigenvalue weighted by molar-refractivity contribution is 5.74. The molecule has 2 aromatic rings. The van der Waals surface area contributed by atoms with Crippen LogP contribution in [0.15, 0.2) is 48.7 Å². The molecule has 1 aromatic heterocycles. The molecule has 0 aliphatic heterocycles. The Balaban J connectivity index is 1.79. The molecular formula is C19H26N4O2. The predicted molar refractivity (Wildman–Crippen MR) is 99.4 cm³/mol. The van der Waals surface area contributed by atoms with Gasteiger partial charge < -0.3 is 20.6 Å². The van der Waals surface area contributed by atoms with Gasteiger partial charge in [-0.3, -0.25) is 0 Å². The first-order valence-corrected chi connectivity index (χ1v) is 8.35. The quantitative estimate of drug-likeness (QED) is 0.722. The van der Waals surface area contributed by atoms with Gasteiger partial charge in [0.1, 0.15) is 5.82 Å². The molecule has 25 heavy (non-hydrogen) atoms. The Hall–Kier alpha value is -2.60. The Morgan fingerprint density at radius 3 is 2.64 bits per heavy atom. The van der Waals surface area contributed by atoms with E-state index in [4.69, 9.17) is 0 Å². The maximum atomic E-state index is 12.0. The van der Waals surface area contributed by atoms with E-state index in [-0.39, 0.29) is 12.1 Å². The number of carbonyl (C=O) groups excluding carboxylic acids is 1. The maximum absolute atomic E-state index is 12.0. The second kappa shape index (κ2) is 9.03. The monoisotopic (exact) mass is 342 g/mol. The highest BCUT2D eigenvalue weighted by Crippen LogP contribution is 2.17. The van der Waals surface area contributed by atoms with E-state index in [1.165, 1.54) is 0 Å². The third-order valence-electron chi connectivity index (χ3n) is 3.86. The summed E-state index contributed by atoms with van der Waals surface area (Å²) < 4.78 is 0. The van der Waals surface area contributed by atoms with Crippen molar-refractivity contribution in [1.82, 2.24) is 15.6 Å². The van der Waals surface area contributed by atoms with Gasteiger partial charge in [0.25, 0.3) is 0 Å². The number of hydrogen-bond acceptors (Lipinski definition) is 4. The van der Waals surface area contributed by atoms with E-state index < -0.39 is 6.10 Å². The number of carbonyl (C=O) groups is 1. The first kappa shape index (κ1) is 18.7. The number of aliphatic hydroxyl groups excluding tert-OH is 1. The zero-order valence-electron chi connectivity index (χ0n) is 14.9. The number of urea groups is 1. The molecule has 0 aliphatic carbocycles. The summed E-state index contributed by atoms with van der Waals surface area (Å²) in [6.07, 6.45) is 1.58. The molecule has 6 heteroatoms. The van der Waals surface area contributed by atoms with Gasteiger partial charge in [-0.1, -0.05) is 30.3 Å². The fourth-order valence-corrected chi connectivity index (χ4v) is 2.48. The minimum atomic E-state index is -0.598. The van der Waals surface area contributed by atoms with E-state index in [0.717, 1.165) is 16.9 Å². The lowest BCUT2D eigenvalue weighted by atomic mass is 10.0. The summed E-state index contributed by atoms with van der Waals surface area (Å²) in [4.78, 5) is 18.2. The van der Waals surface area contributed by atoms with Gasteiger partial charge >= 0.3 is 6.03 Å². The zero-order valence-corrected chi connectivity index (χ0v) is 14.9. The van der Waals surface area contributed by atoms with Crippen LogP contribution in [-0.2, 0) is 6.54 Å². The van der Waals surface area contributed by atoms with E-state index in [9.17, 15) is 9.90 Å². The fraction of sp³-hybridized carbons (Fsp3) is 0.368. The molecule has 2 amide bonds. The zero-order chi connectivity index (χ0) is 18.2. The Morgan fingerprint density at radius 2 is 1.96 bits per heavy atom. The van der Waals surface area contributed by atoms with Gasteiger partial charge in [0.15, 0.2) is 0 Å². The van der Waals surface area contributed by atoms with Gasteiger partial charge in [-0.25, -0.2) is 9.78 Å². The van der Waals surface area contributed by atoms with Gasteiger partial charge in [0.2, 0.25) is 0 Å². The average molecular weight is 342 g/mol. The molecule has 2 rings (SSSR count). The summed E-state index contributed by atoms with van der Waals surface area (Å²) in [6.45, 7) is 2.30. The Morgan fingerprint density at radius 1 is 1.24 bits per heavy atom. The molecule has 2 atom stereocenters. The lowest BCUT2D eigenvalue weighted by Gasteiger charge is -2.19. The lowest BCUT2D eigenvalue weighted by Crippen LogP contribution is -2.41. The molecule has 1 heterocycles. The van der Waals surface area contributed by atoms with E-state index in [2.05, 4.69) is 15.6 Å². The van der Waals surface area contributed by atoms with E-state index in [1.807, 2.05) is 68.4 Å². The lowest BCUT2D eigenvalue weighted by molar-refractivity contribution is 0.154. The van der Waals surface area contributed by atoms with Gasteiger partial charge in [0.05, 0.1) is 6.10 Å². The van der Waals surface area contributed by atoms with E-state index >= 15 is 0 Å². The van der Waals surface area contributed by atoms with Crippen molar-refractivity contribution in [1.29, 1.82) is 0 Å². The molecule has 0 aliphatic rings. The number of amides is 2. The summed E-state index contributed by atoms with van der Waals surface area (Å²) in [5, 5.41) is 15.9. The molecule has 0 fully saturated rings. The molecule has 0 saturated heterocycles. The first-order chi connectivity index (χ1) is 12.0. The van der Waals surface area contributed by atoms with Crippen molar-refractivity contribution < 1.29 is 9.90 Å². The molecule has 0 radical (unpaired) electrons. The highest BCUT2D eigenvalue weighted by atomic mass is 16.3. The number of hydrogen-bond donors (Lipinski definition) is 3. The summed E-state index contributed by atoms with van der Waals surface area (Å²) in [5.41, 5.74) is 1.83. The molecular weight excluding hydrogens is 316 g/mol. The van der Waals surface area contributed by atoms with Crippen LogP contribution in [0.25, 0.3) is 0 Å². The van der Waals surface area contributed by atoms with Crippen LogP contribution in [0.5, 0.6) is 0 Å². The van der Waals surface area contributed by atoms with Crippen molar-refractivity contribution in [2.75, 3.05) is 19.0 Å². The number of benzene rings is 1. The van der Waals surface area contributed by atoms with Gasteiger partial charge in [-0.05, 0) is 36.6 Å². The van der Waals surface area contributed by atoms with Crippen molar-refractivity contribution in [3.05, 3.63) is 59.8 Å². The van der Waals surface area contributed by atoms with Crippen LogP contribution in [0.3, 0.4) is 0 Å². The molecule has 0 spiro atoms. The van der Waals surface area contributed by atoms with Gasteiger partial charge in [-0.2, -0.15) is 0 Å². The summed E-state index contributed by atoms with van der Waals surface area (Å²) >= 11 is 0. The van der Waals surface area contributed by atoms with E-state index in [0.29, 0.717) is 13.0 Å². The molecule has 0 bridgehead atoms. The smallest absolute Gasteiger partial charge is 0.315 e. The molecule has 6 nitrogen and oxygen atoms in total. The second-order valence-electron chi connectivity index (χ2n) is 6.31. The summed E-state index contributed by atoms with van der Waals surface area (Å²) in [7, 11) is 3.85. The van der Waals surface area contributed by atoms with Crippen LogP contribution in [0.4, 0.5) is 10.6 Å². The third kappa shape index (κ3) is 6.08. The first-order valence-electron chi connectivity index (χ1n) is 8.35. The van der Waals surface area contributed by atoms with E-state index in [1.54, 1.807) is 6.20 Å². The minimum Gasteiger partial charge on any atom is -0.388 e. The normalized spacial score (nSPS) is 13.0. The number of pyridine rings is 1. The van der Waals surface area contributed by atoms with Crippen molar-refractivity contribution in [2.45, 2.75) is 32.0 Å². The molecule has 134 valence electrons. The Labute approximate surface area is 148 Å². The van der Waals surface area contributed by atoms with Crippen LogP contribution in [0, 0.1) is 0 Å². The second-order valence-corrected chi connectivity index (χ2v) is 6.31. The Kier molecular flexibility index (Phi) is 6.77. The average Bonchev–Trinajstić information content (AvgIpc) is 2.60. The standard InChI is InChI=1S/C19H26N4O2/c1-14(11-17(24)16-7-5-4-6-8-16)22-19(25)21-13-15-9-10-20-18(12-15)23(2)3/h4-10,12,14,17,24H,11,13H2,1-3H3,(H2,21,22,25). The van der Waals surface area contributed by atoms with Gasteiger partial charge in [0, 0.05) is 32.9 Å². The van der Waals surface area contributed by atoms with Crippen LogP contribution < -0.4 is 15.5 Å². The molecule has 1 aromatic carbocycles. The predicted octanol–water partition coefficient (Wildman–Crippen LogP) is 2.46. The van der Waals surface area contributed by atoms with Crippen LogP contribution >= 0.6 is 0 Å².